The molecule has 24 heavy (non-hydrogen) atoms. The van der Waals surface area contributed by atoms with E-state index < -0.39 is 0 Å². The average Bonchev–Trinajstić information content (AvgIpc) is 3.35. The minimum Gasteiger partial charge on any atom is -0.384 e. The van der Waals surface area contributed by atoms with Crippen LogP contribution in [-0.4, -0.2) is 39.3 Å². The standard InChI is InChI=1S/C18H25ClN2O2.ClH/c1-23-13-18(7-9-20-10-8-18)16(22)21-12-17(5-6-17)14-3-2-4-15(19)11-14;/h2-4,11,20H,5-10,12-13H2,1H3,(H,21,22);1H. The van der Waals surface area contributed by atoms with Gasteiger partial charge in [0.25, 0.3) is 0 Å². The number of carbonyl (C=O) groups excluding carboxylic acids is 1. The van der Waals surface area contributed by atoms with Gasteiger partial charge in [0.15, 0.2) is 0 Å². The highest BCUT2D eigenvalue weighted by Crippen LogP contribution is 2.48. The van der Waals surface area contributed by atoms with Gasteiger partial charge in [-0.3, -0.25) is 4.79 Å². The van der Waals surface area contributed by atoms with E-state index in [4.69, 9.17) is 16.3 Å². The van der Waals surface area contributed by atoms with Crippen LogP contribution < -0.4 is 10.6 Å². The zero-order valence-corrected chi connectivity index (χ0v) is 15.6. The first-order valence-electron chi connectivity index (χ1n) is 8.34. The van der Waals surface area contributed by atoms with Crippen molar-refractivity contribution in [2.24, 2.45) is 5.41 Å². The van der Waals surface area contributed by atoms with E-state index in [1.165, 1.54) is 5.56 Å². The van der Waals surface area contributed by atoms with Crippen LogP contribution >= 0.6 is 24.0 Å². The molecule has 0 unspecified atom stereocenters. The van der Waals surface area contributed by atoms with Gasteiger partial charge < -0.3 is 15.4 Å². The van der Waals surface area contributed by atoms with Crippen LogP contribution in [0.1, 0.15) is 31.2 Å². The third-order valence-corrected chi connectivity index (χ3v) is 5.58. The number of carbonyl (C=O) groups is 1. The van der Waals surface area contributed by atoms with Gasteiger partial charge >= 0.3 is 0 Å². The van der Waals surface area contributed by atoms with Crippen molar-refractivity contribution in [3.63, 3.8) is 0 Å². The summed E-state index contributed by atoms with van der Waals surface area (Å²) in [6.07, 6.45) is 3.87. The second kappa shape index (κ2) is 8.05. The maximum absolute atomic E-state index is 12.8. The first-order valence-corrected chi connectivity index (χ1v) is 8.72. The molecule has 1 amide bonds. The van der Waals surface area contributed by atoms with E-state index in [9.17, 15) is 4.79 Å². The number of methoxy groups -OCH3 is 1. The molecule has 2 N–H and O–H groups in total. The van der Waals surface area contributed by atoms with Crippen molar-refractivity contribution in [2.75, 3.05) is 33.4 Å². The zero-order chi connectivity index (χ0) is 16.3. The molecule has 6 heteroatoms. The minimum absolute atomic E-state index is 0. The molecular weight excluding hydrogens is 347 g/mol. The molecule has 1 aliphatic heterocycles. The fourth-order valence-corrected chi connectivity index (χ4v) is 3.78. The number of benzene rings is 1. The summed E-state index contributed by atoms with van der Waals surface area (Å²) in [5.74, 6) is 0.133. The Balaban J connectivity index is 0.00000208. The molecule has 1 aromatic carbocycles. The van der Waals surface area contributed by atoms with Gasteiger partial charge in [-0.15, -0.1) is 12.4 Å². The predicted octanol–water partition coefficient (Wildman–Crippen LogP) is 2.93. The molecule has 4 nitrogen and oxygen atoms in total. The third-order valence-electron chi connectivity index (χ3n) is 5.34. The van der Waals surface area contributed by atoms with Gasteiger partial charge in [0.2, 0.25) is 5.91 Å². The van der Waals surface area contributed by atoms with E-state index in [1.807, 2.05) is 18.2 Å². The fourth-order valence-electron chi connectivity index (χ4n) is 3.59. The lowest BCUT2D eigenvalue weighted by molar-refractivity contribution is -0.136. The highest BCUT2D eigenvalue weighted by atomic mass is 35.5. The molecule has 1 saturated carbocycles. The lowest BCUT2D eigenvalue weighted by Gasteiger charge is -2.36. The van der Waals surface area contributed by atoms with Crippen molar-refractivity contribution in [3.8, 4) is 0 Å². The van der Waals surface area contributed by atoms with Crippen molar-refractivity contribution < 1.29 is 9.53 Å². The van der Waals surface area contributed by atoms with Crippen LogP contribution in [0.25, 0.3) is 0 Å². The molecule has 0 aromatic heterocycles. The van der Waals surface area contributed by atoms with E-state index >= 15 is 0 Å². The molecule has 3 rings (SSSR count). The SMILES string of the molecule is COCC1(C(=O)NCC2(c3cccc(Cl)c3)CC2)CCNCC1.Cl. The van der Waals surface area contributed by atoms with Gasteiger partial charge in [-0.1, -0.05) is 23.7 Å². The number of hydrogen-bond acceptors (Lipinski definition) is 3. The van der Waals surface area contributed by atoms with Gasteiger partial charge in [-0.05, 0) is 56.5 Å². The first-order chi connectivity index (χ1) is 11.1. The number of piperidine rings is 1. The second-order valence-corrected chi connectivity index (χ2v) is 7.37. The number of ether oxygens (including phenoxy) is 1. The monoisotopic (exact) mass is 372 g/mol. The quantitative estimate of drug-likeness (QED) is 0.806. The Morgan fingerprint density at radius 1 is 1.29 bits per heavy atom. The molecule has 0 radical (unpaired) electrons. The minimum atomic E-state index is -0.385. The van der Waals surface area contributed by atoms with Crippen LogP contribution in [0.4, 0.5) is 0 Å². The summed E-state index contributed by atoms with van der Waals surface area (Å²) in [4.78, 5) is 12.8. The molecule has 0 spiro atoms. The highest BCUT2D eigenvalue weighted by Gasteiger charge is 2.46. The Bertz CT molecular complexity index is 564. The summed E-state index contributed by atoms with van der Waals surface area (Å²) in [5, 5.41) is 7.29. The van der Waals surface area contributed by atoms with Crippen LogP contribution in [0.2, 0.25) is 5.02 Å². The Morgan fingerprint density at radius 2 is 2.00 bits per heavy atom. The average molecular weight is 373 g/mol. The van der Waals surface area contributed by atoms with Gasteiger partial charge in [-0.2, -0.15) is 0 Å². The van der Waals surface area contributed by atoms with Crippen LogP contribution in [-0.2, 0) is 14.9 Å². The van der Waals surface area contributed by atoms with Crippen LogP contribution in [0.5, 0.6) is 0 Å². The van der Waals surface area contributed by atoms with Crippen LogP contribution in [0.3, 0.4) is 0 Å². The van der Waals surface area contributed by atoms with E-state index in [1.54, 1.807) is 7.11 Å². The lowest BCUT2D eigenvalue weighted by Crippen LogP contribution is -2.51. The predicted molar refractivity (Wildman–Crippen MR) is 99.0 cm³/mol. The molecular formula is C18H26Cl2N2O2. The van der Waals surface area contributed by atoms with Gasteiger partial charge in [-0.25, -0.2) is 0 Å². The zero-order valence-electron chi connectivity index (χ0n) is 14.1. The van der Waals surface area contributed by atoms with Gasteiger partial charge in [0.1, 0.15) is 0 Å². The van der Waals surface area contributed by atoms with Crippen molar-refractivity contribution in [3.05, 3.63) is 34.9 Å². The van der Waals surface area contributed by atoms with E-state index in [0.717, 1.165) is 43.8 Å². The molecule has 2 fully saturated rings. The van der Waals surface area contributed by atoms with Gasteiger partial charge in [0.05, 0.1) is 12.0 Å². The Kier molecular flexibility index (Phi) is 6.54. The smallest absolute Gasteiger partial charge is 0.228 e. The summed E-state index contributed by atoms with van der Waals surface area (Å²) in [6, 6.07) is 8.01. The lowest BCUT2D eigenvalue weighted by atomic mass is 9.78. The maximum atomic E-state index is 12.8. The van der Waals surface area contributed by atoms with Crippen molar-refractivity contribution >= 4 is 29.9 Å². The largest absolute Gasteiger partial charge is 0.384 e. The topological polar surface area (TPSA) is 50.4 Å². The molecule has 1 saturated heterocycles. The number of rotatable bonds is 6. The van der Waals surface area contributed by atoms with E-state index in [-0.39, 0.29) is 29.1 Å². The summed E-state index contributed by atoms with van der Waals surface area (Å²) in [6.45, 7) is 2.92. The Morgan fingerprint density at radius 3 is 2.58 bits per heavy atom. The Labute approximate surface area is 155 Å². The fraction of sp³-hybridized carbons (Fsp3) is 0.611. The molecule has 1 aromatic rings. The molecule has 0 bridgehead atoms. The second-order valence-electron chi connectivity index (χ2n) is 6.94. The van der Waals surface area contributed by atoms with Crippen molar-refractivity contribution in [1.82, 2.24) is 10.6 Å². The molecule has 2 aliphatic rings. The highest BCUT2D eigenvalue weighted by molar-refractivity contribution is 6.30. The summed E-state index contributed by atoms with van der Waals surface area (Å²) >= 11 is 6.12. The number of amides is 1. The van der Waals surface area contributed by atoms with Crippen molar-refractivity contribution in [1.29, 1.82) is 0 Å². The molecule has 1 heterocycles. The summed E-state index contributed by atoms with van der Waals surface area (Å²) in [7, 11) is 1.67. The number of nitrogens with one attached hydrogen (secondary N) is 2. The van der Waals surface area contributed by atoms with Crippen LogP contribution in [0, 0.1) is 5.41 Å². The maximum Gasteiger partial charge on any atom is 0.228 e. The molecule has 134 valence electrons. The number of hydrogen-bond donors (Lipinski definition) is 2. The third kappa shape index (κ3) is 4.05. The van der Waals surface area contributed by atoms with E-state index in [0.29, 0.717) is 13.2 Å². The normalized spacial score (nSPS) is 20.8. The molecule has 0 atom stereocenters. The first kappa shape index (κ1) is 19.5. The van der Waals surface area contributed by atoms with Gasteiger partial charge in [0, 0.05) is 24.1 Å². The summed E-state index contributed by atoms with van der Waals surface area (Å²) < 4.78 is 5.35. The Hall–Kier alpha value is -0.810. The van der Waals surface area contributed by atoms with Crippen molar-refractivity contribution in [2.45, 2.75) is 31.1 Å². The number of halogens is 2. The summed E-state index contributed by atoms with van der Waals surface area (Å²) in [5.41, 5.74) is 0.919. The van der Waals surface area contributed by atoms with E-state index in [2.05, 4.69) is 16.7 Å². The molecule has 1 aliphatic carbocycles. The van der Waals surface area contributed by atoms with Crippen LogP contribution in [0.15, 0.2) is 24.3 Å².